The third kappa shape index (κ3) is 10.1. The summed E-state index contributed by atoms with van der Waals surface area (Å²) in [7, 11) is 0. The molecule has 5 aromatic heterocycles. The number of aromatic nitrogens is 5. The molecule has 0 amide bonds. The van der Waals surface area contributed by atoms with Crippen LogP contribution in [0.3, 0.4) is 0 Å². The van der Waals surface area contributed by atoms with Crippen LogP contribution in [0.25, 0.3) is 230 Å². The minimum absolute atomic E-state index is 0.695. The summed E-state index contributed by atoms with van der Waals surface area (Å²) in [6.07, 6.45) is 7.45. The second kappa shape index (κ2) is 25.5. The van der Waals surface area contributed by atoms with Crippen LogP contribution in [0.2, 0.25) is 0 Å². The van der Waals surface area contributed by atoms with Crippen molar-refractivity contribution in [3.05, 3.63) is 382 Å². The van der Waals surface area contributed by atoms with Gasteiger partial charge in [0.25, 0.3) is 0 Å². The third-order valence-corrected chi connectivity index (χ3v) is 23.7. The van der Waals surface area contributed by atoms with E-state index in [0.29, 0.717) is 11.1 Å². The molecule has 0 spiro atoms. The van der Waals surface area contributed by atoms with E-state index in [1.807, 2.05) is 79.4 Å². The van der Waals surface area contributed by atoms with Gasteiger partial charge in [0, 0.05) is 85.2 Å². The fourth-order valence-electron chi connectivity index (χ4n) is 18.7. The van der Waals surface area contributed by atoms with Crippen LogP contribution in [0.15, 0.2) is 371 Å². The molecule has 0 radical (unpaired) electrons. The summed E-state index contributed by atoms with van der Waals surface area (Å²) < 4.78 is 4.66. The SMILES string of the molecule is N#Cc1ccc2c3c1ccc1c(-c4cccc(-c5cc6ccc7cc(-c8cc(-c9ccccn9)cc(-c9ccccn9)c8)cc8ccc(c5)c6c78)c4)ccc(c13)n2-c1ccccc1.N#Cc1ccc2c3c1ccc1c(-c4cccc(-c5cc6ccc7cc(-c8cccnc8)cc8ccc(c5)c6c78)c4)ccc(c13)n2-c1ccccc1. The molecule has 0 N–H and O–H groups in total. The molecule has 19 aromatic carbocycles. The molecule has 0 saturated carbocycles. The van der Waals surface area contributed by atoms with Crippen LogP contribution < -0.4 is 0 Å². The predicted molar refractivity (Wildman–Crippen MR) is 473 cm³/mol. The number of pyridine rings is 3. The summed E-state index contributed by atoms with van der Waals surface area (Å²) in [5.41, 5.74) is 26.1. The summed E-state index contributed by atoms with van der Waals surface area (Å²) in [6, 6.07) is 129. The van der Waals surface area contributed by atoms with Crippen LogP contribution in [0.1, 0.15) is 11.1 Å². The van der Waals surface area contributed by atoms with E-state index in [1.165, 1.54) is 131 Å². The van der Waals surface area contributed by atoms with Gasteiger partial charge in [-0.3, -0.25) is 15.0 Å². The molecular formula is C107H61N7. The standard InChI is InChI=1S/C59H34N4.C48H27N3/c60-35-42-19-23-54-58-50(42)20-21-51-49(22-24-55(59(51)58)63(54)48-11-2-1-3-12-48)37-10-8-9-36(27-37)43-28-38-15-17-40-30-44(31-41-18-16-39(29-43)56(38)57(40)41)45-32-46(52-13-4-6-25-61-52)34-47(33-45)53-14-5-7-26-62-53;49-27-35-15-19-43-47-41(35)16-17-42-40(18-20-44(48(42)47)51(43)39-9-2-1-3-10-39)30-7-4-6-29(22-30)37-23-31-11-13-33-25-38(36-8-5-21-50-28-36)26-34-14-12-32(24-37)45(31)46(33)34/h1-34H;1-26,28H. The van der Waals surface area contributed by atoms with Gasteiger partial charge in [-0.05, 0) is 306 Å². The highest BCUT2D eigenvalue weighted by Gasteiger charge is 2.25. The molecular weight excluding hydrogens is 1380 g/mol. The lowest BCUT2D eigenvalue weighted by atomic mass is 9.88. The molecule has 0 aliphatic rings. The zero-order chi connectivity index (χ0) is 75.2. The van der Waals surface area contributed by atoms with Crippen molar-refractivity contribution in [3.8, 4) is 113 Å². The van der Waals surface area contributed by atoms with E-state index in [1.54, 1.807) is 0 Å². The Morgan fingerprint density at radius 2 is 0.544 bits per heavy atom. The summed E-state index contributed by atoms with van der Waals surface area (Å²) in [6.45, 7) is 0. The Labute approximate surface area is 654 Å². The molecule has 0 atom stereocenters. The van der Waals surface area contributed by atoms with Crippen LogP contribution in [-0.2, 0) is 0 Å². The van der Waals surface area contributed by atoms with Gasteiger partial charge < -0.3 is 9.13 Å². The first-order valence-electron chi connectivity index (χ1n) is 38.5. The first kappa shape index (κ1) is 64.3. The van der Waals surface area contributed by atoms with Gasteiger partial charge in [0.05, 0.1) is 56.7 Å². The Morgan fingerprint density at radius 3 is 0.921 bits per heavy atom. The lowest BCUT2D eigenvalue weighted by Crippen LogP contribution is -1.93. The van der Waals surface area contributed by atoms with E-state index in [9.17, 15) is 10.5 Å². The average molecular weight is 1440 g/mol. The molecule has 114 heavy (non-hydrogen) atoms. The minimum atomic E-state index is 0.695. The van der Waals surface area contributed by atoms with Gasteiger partial charge in [0.15, 0.2) is 0 Å². The van der Waals surface area contributed by atoms with Gasteiger partial charge in [-0.15, -0.1) is 0 Å². The van der Waals surface area contributed by atoms with Crippen LogP contribution in [0.5, 0.6) is 0 Å². The molecule has 0 aliphatic carbocycles. The van der Waals surface area contributed by atoms with Gasteiger partial charge in [-0.1, -0.05) is 176 Å². The molecule has 0 aliphatic heterocycles. The minimum Gasteiger partial charge on any atom is -0.309 e. The smallest absolute Gasteiger partial charge is 0.0998 e. The summed E-state index contributed by atoms with van der Waals surface area (Å²) >= 11 is 0. The van der Waals surface area contributed by atoms with Crippen molar-refractivity contribution in [2.75, 3.05) is 0 Å². The first-order chi connectivity index (χ1) is 56.4. The molecule has 0 fully saturated rings. The van der Waals surface area contributed by atoms with Gasteiger partial charge in [-0.2, -0.15) is 10.5 Å². The van der Waals surface area contributed by atoms with E-state index in [2.05, 4.69) is 317 Å². The van der Waals surface area contributed by atoms with Crippen molar-refractivity contribution in [2.24, 2.45) is 0 Å². The number of nitrogens with zero attached hydrogens (tertiary/aromatic N) is 7. The topological polar surface area (TPSA) is 96.1 Å². The maximum absolute atomic E-state index is 10.1. The number of benzene rings is 19. The van der Waals surface area contributed by atoms with Crippen molar-refractivity contribution < 1.29 is 0 Å². The predicted octanol–water partition coefficient (Wildman–Crippen LogP) is 27.8. The molecule has 7 heteroatoms. The number of para-hydroxylation sites is 2. The van der Waals surface area contributed by atoms with Crippen molar-refractivity contribution in [1.82, 2.24) is 24.1 Å². The van der Waals surface area contributed by atoms with Crippen LogP contribution in [0, 0.1) is 22.7 Å². The Kier molecular flexibility index (Phi) is 14.4. The monoisotopic (exact) mass is 1440 g/mol. The van der Waals surface area contributed by atoms with E-state index in [0.717, 1.165) is 99.8 Å². The van der Waals surface area contributed by atoms with Gasteiger partial charge in [-0.25, -0.2) is 0 Å². The lowest BCUT2D eigenvalue weighted by molar-refractivity contribution is 1.18. The van der Waals surface area contributed by atoms with E-state index < -0.39 is 0 Å². The highest BCUT2D eigenvalue weighted by molar-refractivity contribution is 6.30. The molecule has 524 valence electrons. The Bertz CT molecular complexity index is 7900. The van der Waals surface area contributed by atoms with Crippen LogP contribution >= 0.6 is 0 Å². The Morgan fingerprint density at radius 1 is 0.219 bits per heavy atom. The van der Waals surface area contributed by atoms with E-state index >= 15 is 0 Å². The largest absolute Gasteiger partial charge is 0.309 e. The van der Waals surface area contributed by atoms with Crippen LogP contribution in [0.4, 0.5) is 0 Å². The summed E-state index contributed by atoms with van der Waals surface area (Å²) in [5.74, 6) is 0. The van der Waals surface area contributed by atoms with Crippen molar-refractivity contribution in [1.29, 1.82) is 10.5 Å². The summed E-state index contributed by atoms with van der Waals surface area (Å²) in [5, 5.41) is 44.2. The lowest BCUT2D eigenvalue weighted by Gasteiger charge is -2.16. The molecule has 24 rings (SSSR count). The highest BCUT2D eigenvalue weighted by Crippen LogP contribution is 2.49. The van der Waals surface area contributed by atoms with Crippen molar-refractivity contribution in [2.45, 2.75) is 0 Å². The van der Waals surface area contributed by atoms with E-state index in [4.69, 9.17) is 9.97 Å². The third-order valence-electron chi connectivity index (χ3n) is 23.7. The first-order valence-corrected chi connectivity index (χ1v) is 38.5. The summed E-state index contributed by atoms with van der Waals surface area (Å²) in [4.78, 5) is 13.7. The maximum Gasteiger partial charge on any atom is 0.0998 e. The molecule has 5 heterocycles. The number of nitriles is 2. The number of rotatable bonds is 10. The van der Waals surface area contributed by atoms with Gasteiger partial charge in [0.1, 0.15) is 0 Å². The quantitative estimate of drug-likeness (QED) is 0.127. The molecule has 24 aromatic rings. The van der Waals surface area contributed by atoms with Crippen molar-refractivity contribution >= 4 is 130 Å². The maximum atomic E-state index is 10.1. The van der Waals surface area contributed by atoms with Gasteiger partial charge >= 0.3 is 0 Å². The number of hydrogen-bond acceptors (Lipinski definition) is 5. The molecule has 0 bridgehead atoms. The highest BCUT2D eigenvalue weighted by atomic mass is 15.0. The zero-order valence-corrected chi connectivity index (χ0v) is 61.3. The Balaban J connectivity index is 0.000000138. The second-order valence-electron chi connectivity index (χ2n) is 30.0. The number of hydrogen-bond donors (Lipinski definition) is 0. The molecule has 0 unspecified atom stereocenters. The van der Waals surface area contributed by atoms with Crippen molar-refractivity contribution in [3.63, 3.8) is 0 Å². The molecule has 7 nitrogen and oxygen atoms in total. The zero-order valence-electron chi connectivity index (χ0n) is 61.3. The average Bonchev–Trinajstić information content (AvgIpc) is 1.45. The van der Waals surface area contributed by atoms with E-state index in [-0.39, 0.29) is 0 Å². The fraction of sp³-hybridized carbons (Fsp3) is 0. The molecule has 0 saturated heterocycles. The normalized spacial score (nSPS) is 11.8. The fourth-order valence-corrected chi connectivity index (χ4v) is 18.7. The van der Waals surface area contributed by atoms with Crippen LogP contribution in [-0.4, -0.2) is 24.1 Å². The second-order valence-corrected chi connectivity index (χ2v) is 30.0. The van der Waals surface area contributed by atoms with Gasteiger partial charge in [0.2, 0.25) is 0 Å². The Hall–Kier alpha value is -15.7.